The summed E-state index contributed by atoms with van der Waals surface area (Å²) in [7, 11) is 0. The molecule has 10 heavy (non-hydrogen) atoms. The molecular formula is C8H12Se2-2. The summed E-state index contributed by atoms with van der Waals surface area (Å²) in [5, 5.41) is 0. The number of allylic oxidation sites excluding steroid dienone is 2. The van der Waals surface area contributed by atoms with Gasteiger partial charge >= 0.3 is 79.5 Å². The van der Waals surface area contributed by atoms with Crippen LogP contribution in [0.1, 0.15) is 38.5 Å². The fourth-order valence-corrected chi connectivity index (χ4v) is 2.24. The van der Waals surface area contributed by atoms with Crippen molar-refractivity contribution in [2.45, 2.75) is 38.5 Å². The van der Waals surface area contributed by atoms with Gasteiger partial charge in [-0.25, -0.2) is 0 Å². The van der Waals surface area contributed by atoms with E-state index < -0.39 is 0 Å². The quantitative estimate of drug-likeness (QED) is 0.587. The average Bonchev–Trinajstić information content (AvgIpc) is 1.92. The summed E-state index contributed by atoms with van der Waals surface area (Å²) in [6.45, 7) is 0. The molecule has 1 aliphatic rings. The maximum absolute atomic E-state index is 3.14. The van der Waals surface area contributed by atoms with Gasteiger partial charge in [0.2, 0.25) is 0 Å². The van der Waals surface area contributed by atoms with Crippen LogP contribution in [0.4, 0.5) is 0 Å². The van der Waals surface area contributed by atoms with Crippen molar-refractivity contribution < 1.29 is 0 Å². The van der Waals surface area contributed by atoms with Crippen molar-refractivity contribution in [3.63, 3.8) is 0 Å². The Hall–Kier alpha value is 0.779. The molecule has 0 radical (unpaired) electrons. The third kappa shape index (κ3) is 2.80. The molecule has 0 amide bonds. The first-order valence-electron chi connectivity index (χ1n) is 3.87. The van der Waals surface area contributed by atoms with Crippen molar-refractivity contribution >= 4 is 32.0 Å². The van der Waals surface area contributed by atoms with E-state index in [9.17, 15) is 0 Å². The van der Waals surface area contributed by atoms with Crippen LogP contribution in [-0.4, -0.2) is 32.0 Å². The van der Waals surface area contributed by atoms with Gasteiger partial charge in [-0.05, 0) is 0 Å². The minimum absolute atomic E-state index is 1.27. The van der Waals surface area contributed by atoms with Gasteiger partial charge in [0, 0.05) is 0 Å². The fourth-order valence-electron chi connectivity index (χ4n) is 1.20. The van der Waals surface area contributed by atoms with E-state index in [0.29, 0.717) is 0 Å². The van der Waals surface area contributed by atoms with Gasteiger partial charge in [-0.3, -0.25) is 0 Å². The molecule has 0 N–H and O–H groups in total. The van der Waals surface area contributed by atoms with Crippen molar-refractivity contribution in [1.82, 2.24) is 0 Å². The standard InChI is InChI=1S/C8H14Se2/c9-7-5-3-1-2-4-6-8(7)10/h9-10H,1-6H2/p-2/b8-7-. The molecular weight excluding hydrogens is 254 g/mol. The third-order valence-electron chi connectivity index (χ3n) is 1.87. The predicted octanol–water partition coefficient (Wildman–Crippen LogP) is 1.89. The Labute approximate surface area is 79.5 Å². The molecule has 0 atom stereocenters. The molecule has 0 saturated heterocycles. The van der Waals surface area contributed by atoms with Gasteiger partial charge in [0.05, 0.1) is 0 Å². The Morgan fingerprint density at radius 3 is 1.50 bits per heavy atom. The van der Waals surface area contributed by atoms with E-state index in [1.807, 2.05) is 0 Å². The van der Waals surface area contributed by atoms with E-state index in [1.54, 1.807) is 0 Å². The molecule has 0 spiro atoms. The molecule has 0 aromatic carbocycles. The van der Waals surface area contributed by atoms with Crippen LogP contribution < -0.4 is 0 Å². The second-order valence-corrected chi connectivity index (χ2v) is 4.83. The van der Waals surface area contributed by atoms with Crippen LogP contribution >= 0.6 is 0 Å². The molecule has 58 valence electrons. The molecule has 0 nitrogen and oxygen atoms in total. The average molecular weight is 266 g/mol. The summed E-state index contributed by atoms with van der Waals surface area (Å²) in [4.78, 5) is 0. The van der Waals surface area contributed by atoms with Gasteiger partial charge in [0.1, 0.15) is 0 Å². The van der Waals surface area contributed by atoms with Gasteiger partial charge in [-0.1, -0.05) is 0 Å². The molecule has 0 aliphatic heterocycles. The zero-order valence-electron chi connectivity index (χ0n) is 6.06. The molecule has 1 aliphatic carbocycles. The Morgan fingerprint density at radius 2 is 1.10 bits per heavy atom. The van der Waals surface area contributed by atoms with E-state index in [2.05, 4.69) is 32.0 Å². The topological polar surface area (TPSA) is 0 Å². The molecule has 0 heterocycles. The van der Waals surface area contributed by atoms with Crippen molar-refractivity contribution in [2.24, 2.45) is 0 Å². The zero-order chi connectivity index (χ0) is 7.40. The predicted molar refractivity (Wildman–Crippen MR) is 46.2 cm³/mol. The van der Waals surface area contributed by atoms with Gasteiger partial charge < -0.3 is 0 Å². The first-order valence-corrected chi connectivity index (χ1v) is 5.58. The first-order chi connectivity index (χ1) is 4.80. The van der Waals surface area contributed by atoms with Gasteiger partial charge in [-0.15, -0.1) is 0 Å². The maximum atomic E-state index is 3.14. The second-order valence-electron chi connectivity index (χ2n) is 2.76. The minimum atomic E-state index is 1.27. The monoisotopic (exact) mass is 268 g/mol. The zero-order valence-corrected chi connectivity index (χ0v) is 9.49. The molecule has 2 heteroatoms. The van der Waals surface area contributed by atoms with Gasteiger partial charge in [0.25, 0.3) is 0 Å². The third-order valence-corrected chi connectivity index (χ3v) is 4.41. The van der Waals surface area contributed by atoms with Crippen LogP contribution in [0.2, 0.25) is 0 Å². The van der Waals surface area contributed by atoms with Crippen molar-refractivity contribution in [3.8, 4) is 0 Å². The van der Waals surface area contributed by atoms with Crippen LogP contribution in [0.5, 0.6) is 0 Å². The van der Waals surface area contributed by atoms with Gasteiger partial charge in [0.15, 0.2) is 0 Å². The molecule has 0 bridgehead atoms. The summed E-state index contributed by atoms with van der Waals surface area (Å²) in [5.74, 6) is 0. The van der Waals surface area contributed by atoms with E-state index >= 15 is 0 Å². The summed E-state index contributed by atoms with van der Waals surface area (Å²) in [6, 6.07) is 0. The van der Waals surface area contributed by atoms with Crippen molar-refractivity contribution in [1.29, 1.82) is 0 Å². The summed E-state index contributed by atoms with van der Waals surface area (Å²) >= 11 is 6.29. The van der Waals surface area contributed by atoms with Crippen molar-refractivity contribution in [3.05, 3.63) is 8.94 Å². The molecule has 1 rings (SSSR count). The Balaban J connectivity index is 2.51. The van der Waals surface area contributed by atoms with E-state index in [0.717, 1.165) is 0 Å². The van der Waals surface area contributed by atoms with E-state index in [1.165, 1.54) is 47.5 Å². The van der Waals surface area contributed by atoms with Crippen molar-refractivity contribution in [2.75, 3.05) is 0 Å². The van der Waals surface area contributed by atoms with Crippen LogP contribution in [0, 0.1) is 0 Å². The summed E-state index contributed by atoms with van der Waals surface area (Å²) < 4.78 is 2.94. The molecule has 0 saturated carbocycles. The first kappa shape index (κ1) is 8.87. The van der Waals surface area contributed by atoms with E-state index in [4.69, 9.17) is 0 Å². The Kier molecular flexibility index (Phi) is 4.09. The van der Waals surface area contributed by atoms with Gasteiger partial charge in [-0.2, -0.15) is 0 Å². The summed E-state index contributed by atoms with van der Waals surface area (Å²) in [5.41, 5.74) is 0. The van der Waals surface area contributed by atoms with Crippen LogP contribution in [0.3, 0.4) is 0 Å². The Bertz CT molecular complexity index is 122. The molecule has 0 aromatic rings. The number of hydrogen-bond acceptors (Lipinski definition) is 0. The van der Waals surface area contributed by atoms with Crippen LogP contribution in [-0.2, 0) is 0 Å². The molecule has 0 aromatic heterocycles. The van der Waals surface area contributed by atoms with Crippen LogP contribution in [0.25, 0.3) is 0 Å². The van der Waals surface area contributed by atoms with E-state index in [-0.39, 0.29) is 0 Å². The summed E-state index contributed by atoms with van der Waals surface area (Å²) in [6.07, 6.45) is 8.10. The second kappa shape index (κ2) is 4.62. The number of hydrogen-bond donors (Lipinski definition) is 0. The molecule has 0 fully saturated rings. The molecule has 0 unspecified atom stereocenters. The SMILES string of the molecule is [Se-]/C1=C(\[Se-])CCCCCC1. The van der Waals surface area contributed by atoms with Crippen LogP contribution in [0.15, 0.2) is 8.94 Å². The normalized spacial score (nSPS) is 29.2. The fraction of sp³-hybridized carbons (Fsp3) is 0.750. The Morgan fingerprint density at radius 1 is 0.700 bits per heavy atom. The number of rotatable bonds is 0.